The Morgan fingerprint density at radius 2 is 1.90 bits per heavy atom. The summed E-state index contributed by atoms with van der Waals surface area (Å²) in [5.74, 6) is -2.95. The highest BCUT2D eigenvalue weighted by Gasteiger charge is 2.22. The third kappa shape index (κ3) is 4.53. The number of benzene rings is 2. The topological polar surface area (TPSA) is 155 Å². The molecule has 0 saturated carbocycles. The lowest BCUT2D eigenvalue weighted by atomic mass is 10.1. The Bertz CT molecular complexity index is 1220. The van der Waals surface area contributed by atoms with Crippen LogP contribution >= 0.6 is 11.5 Å². The highest BCUT2D eigenvalue weighted by molar-refractivity contribution is 7.10. The summed E-state index contributed by atoms with van der Waals surface area (Å²) in [6.07, 6.45) is 0. The quantitative estimate of drug-likeness (QED) is 0.299. The van der Waals surface area contributed by atoms with Crippen LogP contribution in [0.1, 0.15) is 33.3 Å². The van der Waals surface area contributed by atoms with Gasteiger partial charge in [-0.3, -0.25) is 14.9 Å². The standard InChI is InChI=1S/C19H13FN4O6S/c1-9(15-16(25)17(31-23-15)10-2-5-12(20)6-3-10)21-22-18(26)11-4-7-13(19(27)28)14(8-11)24(29)30/h2-8,25H,1H3,(H,22,26)(H,27,28). The van der Waals surface area contributed by atoms with Crippen LogP contribution in [0.25, 0.3) is 10.4 Å². The second kappa shape index (κ2) is 8.67. The maximum Gasteiger partial charge on any atom is 0.342 e. The number of carboxylic acid groups (broad SMARTS) is 1. The lowest BCUT2D eigenvalue weighted by Crippen LogP contribution is -2.20. The van der Waals surface area contributed by atoms with Gasteiger partial charge in [0.1, 0.15) is 17.1 Å². The molecule has 0 bridgehead atoms. The zero-order valence-electron chi connectivity index (χ0n) is 15.7. The van der Waals surface area contributed by atoms with Crippen molar-refractivity contribution in [3.05, 3.63) is 75.2 Å². The van der Waals surface area contributed by atoms with Gasteiger partial charge in [0.25, 0.3) is 11.6 Å². The van der Waals surface area contributed by atoms with Crippen molar-refractivity contribution in [2.24, 2.45) is 5.10 Å². The highest BCUT2D eigenvalue weighted by Crippen LogP contribution is 2.36. The zero-order chi connectivity index (χ0) is 22.7. The molecule has 0 unspecified atom stereocenters. The van der Waals surface area contributed by atoms with E-state index < -0.39 is 33.9 Å². The van der Waals surface area contributed by atoms with Crippen LogP contribution in [0.15, 0.2) is 47.6 Å². The molecule has 12 heteroatoms. The summed E-state index contributed by atoms with van der Waals surface area (Å²) in [4.78, 5) is 33.9. The minimum atomic E-state index is -1.50. The van der Waals surface area contributed by atoms with Gasteiger partial charge >= 0.3 is 5.97 Å². The molecule has 31 heavy (non-hydrogen) atoms. The van der Waals surface area contributed by atoms with E-state index >= 15 is 0 Å². The van der Waals surface area contributed by atoms with Crippen molar-refractivity contribution in [2.45, 2.75) is 6.92 Å². The summed E-state index contributed by atoms with van der Waals surface area (Å²) >= 11 is 0.957. The van der Waals surface area contributed by atoms with Gasteiger partial charge in [-0.1, -0.05) is 12.1 Å². The normalized spacial score (nSPS) is 11.2. The summed E-state index contributed by atoms with van der Waals surface area (Å²) in [5, 5.41) is 34.3. The summed E-state index contributed by atoms with van der Waals surface area (Å²) in [6.45, 7) is 1.47. The molecule has 3 aromatic rings. The molecule has 0 fully saturated rings. The first kappa shape index (κ1) is 21.5. The Morgan fingerprint density at radius 3 is 2.52 bits per heavy atom. The summed E-state index contributed by atoms with van der Waals surface area (Å²) in [5.41, 5.74) is 1.50. The fraction of sp³-hybridized carbons (Fsp3) is 0.0526. The van der Waals surface area contributed by atoms with E-state index in [0.29, 0.717) is 10.4 Å². The monoisotopic (exact) mass is 444 g/mol. The lowest BCUT2D eigenvalue weighted by Gasteiger charge is -2.04. The second-order valence-electron chi connectivity index (χ2n) is 6.15. The molecule has 10 nitrogen and oxygen atoms in total. The molecule has 0 aliphatic rings. The number of nitro groups is 1. The van der Waals surface area contributed by atoms with E-state index in [1.165, 1.54) is 31.2 Å². The minimum Gasteiger partial charge on any atom is -0.504 e. The predicted octanol–water partition coefficient (Wildman–Crippen LogP) is 3.42. The van der Waals surface area contributed by atoms with Gasteiger partial charge in [-0.05, 0) is 48.3 Å². The van der Waals surface area contributed by atoms with E-state index in [9.17, 15) is 29.2 Å². The number of carboxylic acids is 1. The van der Waals surface area contributed by atoms with Crippen LogP contribution in [0.4, 0.5) is 10.1 Å². The van der Waals surface area contributed by atoms with Crippen LogP contribution in [-0.2, 0) is 0 Å². The largest absolute Gasteiger partial charge is 0.504 e. The fourth-order valence-corrected chi connectivity index (χ4v) is 3.40. The molecule has 1 amide bonds. The molecule has 0 radical (unpaired) electrons. The maximum atomic E-state index is 13.1. The number of carbonyl (C=O) groups excluding carboxylic acids is 1. The van der Waals surface area contributed by atoms with Gasteiger partial charge in [0.15, 0.2) is 5.75 Å². The summed E-state index contributed by atoms with van der Waals surface area (Å²) in [7, 11) is 0. The lowest BCUT2D eigenvalue weighted by molar-refractivity contribution is -0.385. The Morgan fingerprint density at radius 1 is 1.23 bits per heavy atom. The first-order chi connectivity index (χ1) is 14.7. The Kier molecular flexibility index (Phi) is 6.02. The van der Waals surface area contributed by atoms with E-state index in [1.54, 1.807) is 0 Å². The number of rotatable bonds is 6. The van der Waals surface area contributed by atoms with Gasteiger partial charge in [0.05, 0.1) is 15.5 Å². The molecule has 2 aromatic carbocycles. The third-order valence-corrected chi connectivity index (χ3v) is 5.01. The van der Waals surface area contributed by atoms with Crippen LogP contribution < -0.4 is 5.43 Å². The van der Waals surface area contributed by atoms with Gasteiger partial charge < -0.3 is 10.2 Å². The molecule has 1 aromatic heterocycles. The number of aromatic hydroxyl groups is 1. The van der Waals surface area contributed by atoms with Gasteiger partial charge in [0.2, 0.25) is 0 Å². The van der Waals surface area contributed by atoms with Gasteiger partial charge in [-0.15, -0.1) is 0 Å². The van der Waals surface area contributed by atoms with Gasteiger partial charge in [0, 0.05) is 11.6 Å². The van der Waals surface area contributed by atoms with E-state index in [-0.39, 0.29) is 22.7 Å². The fourth-order valence-electron chi connectivity index (χ4n) is 2.57. The molecule has 3 rings (SSSR count). The van der Waals surface area contributed by atoms with Crippen LogP contribution in [-0.4, -0.2) is 37.1 Å². The van der Waals surface area contributed by atoms with Gasteiger partial charge in [-0.25, -0.2) is 14.6 Å². The first-order valence-electron chi connectivity index (χ1n) is 8.50. The smallest absolute Gasteiger partial charge is 0.342 e. The number of amides is 1. The molecule has 3 N–H and O–H groups in total. The third-order valence-electron chi connectivity index (χ3n) is 4.13. The SMILES string of the molecule is CC(=NNC(=O)c1ccc(C(=O)O)c([N+](=O)[O-])c1)c1nsc(-c2ccc(F)cc2)c1O. The van der Waals surface area contributed by atoms with Crippen molar-refractivity contribution in [3.63, 3.8) is 0 Å². The number of nitrogens with zero attached hydrogens (tertiary/aromatic N) is 3. The molecule has 0 atom stereocenters. The second-order valence-corrected chi connectivity index (χ2v) is 6.92. The number of carbonyl (C=O) groups is 2. The van der Waals surface area contributed by atoms with E-state index in [4.69, 9.17) is 5.11 Å². The molecule has 0 aliphatic carbocycles. The summed E-state index contributed by atoms with van der Waals surface area (Å²) in [6, 6.07) is 8.34. The Balaban J connectivity index is 1.82. The molecule has 0 saturated heterocycles. The van der Waals surface area contributed by atoms with Crippen LogP contribution in [0, 0.1) is 15.9 Å². The molecular weight excluding hydrogens is 431 g/mol. The van der Waals surface area contributed by atoms with E-state index in [0.717, 1.165) is 29.7 Å². The number of aromatic carboxylic acids is 1. The molecule has 158 valence electrons. The predicted molar refractivity (Wildman–Crippen MR) is 109 cm³/mol. The number of hydrazone groups is 1. The van der Waals surface area contributed by atoms with Crippen LogP contribution in [0.3, 0.4) is 0 Å². The average Bonchev–Trinajstić information content (AvgIpc) is 3.13. The Labute approximate surface area is 177 Å². The molecule has 0 aliphatic heterocycles. The van der Waals surface area contributed by atoms with E-state index in [1.807, 2.05) is 0 Å². The molecular formula is C19H13FN4O6S. The van der Waals surface area contributed by atoms with Crippen molar-refractivity contribution in [1.29, 1.82) is 0 Å². The first-order valence-corrected chi connectivity index (χ1v) is 9.27. The number of nitrogens with one attached hydrogen (secondary N) is 1. The number of hydrogen-bond acceptors (Lipinski definition) is 8. The molecule has 1 heterocycles. The van der Waals surface area contributed by atoms with Crippen molar-refractivity contribution in [3.8, 4) is 16.2 Å². The minimum absolute atomic E-state index is 0.0943. The number of hydrogen-bond donors (Lipinski definition) is 3. The zero-order valence-corrected chi connectivity index (χ0v) is 16.5. The maximum absolute atomic E-state index is 13.1. The van der Waals surface area contributed by atoms with Gasteiger partial charge in [-0.2, -0.15) is 9.47 Å². The van der Waals surface area contributed by atoms with E-state index in [2.05, 4.69) is 14.9 Å². The average molecular weight is 444 g/mol. The van der Waals surface area contributed by atoms with Crippen molar-refractivity contribution in [2.75, 3.05) is 0 Å². The number of halogens is 1. The number of nitro benzene ring substituents is 1. The van der Waals surface area contributed by atoms with Crippen LogP contribution in [0.5, 0.6) is 5.75 Å². The van der Waals surface area contributed by atoms with Crippen molar-refractivity contribution in [1.82, 2.24) is 9.80 Å². The Hall–Kier alpha value is -4.19. The van der Waals surface area contributed by atoms with Crippen molar-refractivity contribution >= 4 is 34.8 Å². The highest BCUT2D eigenvalue weighted by atomic mass is 32.1. The summed E-state index contributed by atoms with van der Waals surface area (Å²) < 4.78 is 17.2. The van der Waals surface area contributed by atoms with Crippen molar-refractivity contribution < 1.29 is 29.1 Å². The van der Waals surface area contributed by atoms with Crippen LogP contribution in [0.2, 0.25) is 0 Å². The number of aromatic nitrogens is 1. The molecule has 0 spiro atoms.